The van der Waals surface area contributed by atoms with Crippen molar-refractivity contribution in [2.45, 2.75) is 12.7 Å². The van der Waals surface area contributed by atoms with Crippen molar-refractivity contribution in [1.82, 2.24) is 0 Å². The average Bonchev–Trinajstić information content (AvgIpc) is 2.72. The van der Waals surface area contributed by atoms with Gasteiger partial charge >= 0.3 is 5.97 Å². The third kappa shape index (κ3) is 2.24. The highest BCUT2D eigenvalue weighted by Gasteiger charge is 2.17. The van der Waals surface area contributed by atoms with Crippen LogP contribution < -0.4 is 0 Å². The molecule has 18 heavy (non-hydrogen) atoms. The third-order valence-corrected chi connectivity index (χ3v) is 4.36. The van der Waals surface area contributed by atoms with Gasteiger partial charge in [0.15, 0.2) is 9.84 Å². The van der Waals surface area contributed by atoms with Crippen molar-refractivity contribution < 1.29 is 22.7 Å². The van der Waals surface area contributed by atoms with Gasteiger partial charge in [-0.15, -0.1) is 0 Å². The Labute approximate surface area is 104 Å². The average molecular weight is 268 g/mol. The van der Waals surface area contributed by atoms with Gasteiger partial charge in [-0.25, -0.2) is 13.2 Å². The number of fused-ring (bicyclic) bond motifs is 1. The van der Waals surface area contributed by atoms with E-state index in [0.717, 1.165) is 0 Å². The van der Waals surface area contributed by atoms with E-state index in [2.05, 4.69) is 0 Å². The molecule has 0 fully saturated rings. The van der Waals surface area contributed by atoms with Gasteiger partial charge in [-0.1, -0.05) is 19.1 Å². The van der Waals surface area contributed by atoms with Gasteiger partial charge in [-0.3, -0.25) is 0 Å². The molecular formula is C12H12O5S. The fraction of sp³-hybridized carbons (Fsp3) is 0.250. The number of para-hydroxylation sites is 1. The molecule has 6 heteroatoms. The summed E-state index contributed by atoms with van der Waals surface area (Å²) < 4.78 is 28.3. The zero-order valence-electron chi connectivity index (χ0n) is 9.71. The van der Waals surface area contributed by atoms with Crippen molar-refractivity contribution in [3.8, 4) is 0 Å². The molecule has 96 valence electrons. The first kappa shape index (κ1) is 12.6. The van der Waals surface area contributed by atoms with Crippen molar-refractivity contribution >= 4 is 26.8 Å². The summed E-state index contributed by atoms with van der Waals surface area (Å²) in [6.45, 7) is 1.57. The summed E-state index contributed by atoms with van der Waals surface area (Å²) >= 11 is 0. The van der Waals surface area contributed by atoms with Gasteiger partial charge in [0.1, 0.15) is 11.1 Å². The van der Waals surface area contributed by atoms with Gasteiger partial charge in [0.25, 0.3) is 0 Å². The van der Waals surface area contributed by atoms with E-state index < -0.39 is 15.8 Å². The third-order valence-electron chi connectivity index (χ3n) is 2.73. The van der Waals surface area contributed by atoms with Gasteiger partial charge in [0, 0.05) is 16.7 Å². The Morgan fingerprint density at radius 2 is 2.11 bits per heavy atom. The number of hydrogen-bond acceptors (Lipinski definition) is 4. The number of benzene rings is 1. The Morgan fingerprint density at radius 1 is 1.39 bits per heavy atom. The van der Waals surface area contributed by atoms with E-state index in [9.17, 15) is 13.2 Å². The van der Waals surface area contributed by atoms with Crippen LogP contribution in [-0.2, 0) is 15.6 Å². The standard InChI is InChI=1S/C12H12O5S/c1-2-18(15,16)7-8-6-17-11-9(8)4-3-5-10(11)12(13)14/h3-6H,2,7H2,1H3,(H,13,14). The molecular weight excluding hydrogens is 256 g/mol. The number of carboxylic acids is 1. The molecule has 0 aliphatic heterocycles. The van der Waals surface area contributed by atoms with Gasteiger partial charge in [0.2, 0.25) is 0 Å². The van der Waals surface area contributed by atoms with E-state index in [1.54, 1.807) is 19.1 Å². The van der Waals surface area contributed by atoms with Crippen molar-refractivity contribution in [1.29, 1.82) is 0 Å². The lowest BCUT2D eigenvalue weighted by molar-refractivity contribution is 0.0698. The van der Waals surface area contributed by atoms with Gasteiger partial charge in [-0.05, 0) is 6.07 Å². The maximum absolute atomic E-state index is 11.6. The van der Waals surface area contributed by atoms with E-state index in [-0.39, 0.29) is 22.7 Å². The molecule has 1 heterocycles. The molecule has 0 saturated heterocycles. The first-order valence-corrected chi connectivity index (χ1v) is 7.19. The highest BCUT2D eigenvalue weighted by Crippen LogP contribution is 2.26. The summed E-state index contributed by atoms with van der Waals surface area (Å²) in [4.78, 5) is 11.0. The largest absolute Gasteiger partial charge is 0.478 e. The van der Waals surface area contributed by atoms with E-state index in [1.807, 2.05) is 0 Å². The van der Waals surface area contributed by atoms with Crippen molar-refractivity contribution in [3.63, 3.8) is 0 Å². The maximum atomic E-state index is 11.6. The molecule has 0 aliphatic carbocycles. The summed E-state index contributed by atoms with van der Waals surface area (Å²) in [5.41, 5.74) is 0.744. The number of carbonyl (C=O) groups is 1. The number of carboxylic acid groups (broad SMARTS) is 1. The second-order valence-corrected chi connectivity index (χ2v) is 6.28. The fourth-order valence-electron chi connectivity index (χ4n) is 1.73. The Balaban J connectivity index is 2.56. The molecule has 2 rings (SSSR count). The molecule has 2 aromatic rings. The van der Waals surface area contributed by atoms with Crippen LogP contribution in [0.2, 0.25) is 0 Å². The van der Waals surface area contributed by atoms with Crippen molar-refractivity contribution in [2.24, 2.45) is 0 Å². The van der Waals surface area contributed by atoms with Gasteiger partial charge in [0.05, 0.1) is 12.0 Å². The highest BCUT2D eigenvalue weighted by molar-refractivity contribution is 7.90. The summed E-state index contributed by atoms with van der Waals surface area (Å²) in [6, 6.07) is 4.65. The number of furan rings is 1. The van der Waals surface area contributed by atoms with Crippen LogP contribution >= 0.6 is 0 Å². The molecule has 0 radical (unpaired) electrons. The quantitative estimate of drug-likeness (QED) is 0.917. The molecule has 5 nitrogen and oxygen atoms in total. The summed E-state index contributed by atoms with van der Waals surface area (Å²) in [5, 5.41) is 9.53. The van der Waals surface area contributed by atoms with Crippen LogP contribution in [0.3, 0.4) is 0 Å². The molecule has 0 spiro atoms. The van der Waals surface area contributed by atoms with Crippen LogP contribution in [0.4, 0.5) is 0 Å². The van der Waals surface area contributed by atoms with Gasteiger partial charge < -0.3 is 9.52 Å². The molecule has 1 aromatic heterocycles. The number of sulfone groups is 1. The number of aromatic carboxylic acids is 1. The Kier molecular flexibility index (Phi) is 3.13. The van der Waals surface area contributed by atoms with E-state index in [4.69, 9.17) is 9.52 Å². The molecule has 1 aromatic carbocycles. The fourth-order valence-corrected chi connectivity index (χ4v) is 2.63. The molecule has 0 saturated carbocycles. The predicted molar refractivity (Wildman–Crippen MR) is 66.3 cm³/mol. The molecule has 0 amide bonds. The summed E-state index contributed by atoms with van der Waals surface area (Å²) in [5.74, 6) is -1.20. The lowest BCUT2D eigenvalue weighted by Crippen LogP contribution is -2.06. The lowest BCUT2D eigenvalue weighted by Gasteiger charge is -1.99. The minimum Gasteiger partial charge on any atom is -0.478 e. The smallest absolute Gasteiger partial charge is 0.339 e. The minimum absolute atomic E-state index is 0.0349. The maximum Gasteiger partial charge on any atom is 0.339 e. The first-order valence-electron chi connectivity index (χ1n) is 5.37. The number of rotatable bonds is 4. The van der Waals surface area contributed by atoms with Crippen LogP contribution in [0, 0.1) is 0 Å². The van der Waals surface area contributed by atoms with Crippen LogP contribution in [0.15, 0.2) is 28.9 Å². The zero-order chi connectivity index (χ0) is 13.3. The zero-order valence-corrected chi connectivity index (χ0v) is 10.5. The minimum atomic E-state index is -3.17. The second-order valence-electron chi connectivity index (χ2n) is 3.92. The van der Waals surface area contributed by atoms with Crippen molar-refractivity contribution in [2.75, 3.05) is 5.75 Å². The normalized spacial score (nSPS) is 11.8. The topological polar surface area (TPSA) is 84.6 Å². The van der Waals surface area contributed by atoms with E-state index in [1.165, 1.54) is 12.3 Å². The Morgan fingerprint density at radius 3 is 2.72 bits per heavy atom. The molecule has 0 atom stereocenters. The predicted octanol–water partition coefficient (Wildman–Crippen LogP) is 2.07. The van der Waals surface area contributed by atoms with E-state index in [0.29, 0.717) is 10.9 Å². The molecule has 0 aliphatic rings. The number of hydrogen-bond donors (Lipinski definition) is 1. The Hall–Kier alpha value is -1.82. The lowest BCUT2D eigenvalue weighted by atomic mass is 10.1. The van der Waals surface area contributed by atoms with Crippen LogP contribution in [0.25, 0.3) is 11.0 Å². The molecule has 1 N–H and O–H groups in total. The highest BCUT2D eigenvalue weighted by atomic mass is 32.2. The van der Waals surface area contributed by atoms with Gasteiger partial charge in [-0.2, -0.15) is 0 Å². The SMILES string of the molecule is CCS(=O)(=O)Cc1coc2c(C(=O)O)cccc12. The Bertz CT molecular complexity index is 696. The second kappa shape index (κ2) is 4.45. The summed E-state index contributed by atoms with van der Waals surface area (Å²) in [6.07, 6.45) is 1.31. The first-order chi connectivity index (χ1) is 8.44. The van der Waals surface area contributed by atoms with E-state index >= 15 is 0 Å². The van der Waals surface area contributed by atoms with Crippen LogP contribution in [0.1, 0.15) is 22.8 Å². The molecule has 0 unspecified atom stereocenters. The van der Waals surface area contributed by atoms with Crippen molar-refractivity contribution in [3.05, 3.63) is 35.6 Å². The monoisotopic (exact) mass is 268 g/mol. The molecule has 0 bridgehead atoms. The summed E-state index contributed by atoms with van der Waals surface area (Å²) in [7, 11) is -3.17. The van der Waals surface area contributed by atoms with Crippen LogP contribution in [-0.4, -0.2) is 25.2 Å². The van der Waals surface area contributed by atoms with Crippen LogP contribution in [0.5, 0.6) is 0 Å².